The first-order valence-corrected chi connectivity index (χ1v) is 12.1. The molecule has 1 atom stereocenters. The van der Waals surface area contributed by atoms with Gasteiger partial charge < -0.3 is 24.4 Å². The number of nitrogens with one attached hydrogen (secondary N) is 1. The maximum Gasteiger partial charge on any atom is 0.293 e. The molecule has 2 heterocycles. The van der Waals surface area contributed by atoms with E-state index in [2.05, 4.69) is 22.3 Å². The van der Waals surface area contributed by atoms with Gasteiger partial charge in [0.05, 0.1) is 31.5 Å². The minimum atomic E-state index is -0.189. The maximum absolute atomic E-state index is 11.8. The molecule has 0 spiro atoms. The summed E-state index contributed by atoms with van der Waals surface area (Å²) in [4.78, 5) is 24.8. The number of anilines is 1. The highest BCUT2D eigenvalue weighted by atomic mass is 16.5. The second kappa shape index (κ2) is 11.0. The summed E-state index contributed by atoms with van der Waals surface area (Å²) in [5.41, 5.74) is 4.52. The van der Waals surface area contributed by atoms with Crippen molar-refractivity contribution in [1.82, 2.24) is 10.3 Å². The molecule has 2 aliphatic rings. The van der Waals surface area contributed by atoms with Crippen LogP contribution in [-0.2, 0) is 20.7 Å². The Labute approximate surface area is 212 Å². The molecule has 1 fully saturated rings. The number of benzene rings is 2. The molecule has 0 aromatic heterocycles. The van der Waals surface area contributed by atoms with Crippen LogP contribution in [0, 0.1) is 0 Å². The number of methoxy groups -OCH3 is 2. The van der Waals surface area contributed by atoms with E-state index in [9.17, 15) is 9.59 Å². The lowest BCUT2D eigenvalue weighted by atomic mass is 9.88. The standard InChI is InChI=1S/C27H34N4O5/c1-19-13-21-14-24(34-3)25(35-4)15-23(21)26(29-31(19)17-32)20-5-7-22(8-6-20)30-11-9-27(28-2,10-12-30)16-36-18-33/h5-8,14-15,17-19,28H,9-13,16H2,1-4H3. The molecule has 2 aromatic carbocycles. The first-order valence-electron chi connectivity index (χ1n) is 12.1. The summed E-state index contributed by atoms with van der Waals surface area (Å²) in [6.07, 6.45) is 3.16. The Balaban J connectivity index is 1.62. The molecular weight excluding hydrogens is 460 g/mol. The van der Waals surface area contributed by atoms with Crippen molar-refractivity contribution in [2.75, 3.05) is 45.9 Å². The number of amides is 1. The average molecular weight is 495 g/mol. The van der Waals surface area contributed by atoms with Crippen molar-refractivity contribution in [2.24, 2.45) is 5.10 Å². The molecule has 1 N–H and O–H groups in total. The van der Waals surface area contributed by atoms with Gasteiger partial charge in [-0.3, -0.25) is 9.59 Å². The molecule has 192 valence electrons. The Morgan fingerprint density at radius 2 is 1.75 bits per heavy atom. The number of hydrogen-bond donors (Lipinski definition) is 1. The molecular formula is C27H34N4O5. The van der Waals surface area contributed by atoms with Gasteiger partial charge in [0.2, 0.25) is 6.41 Å². The van der Waals surface area contributed by atoms with Crippen LogP contribution >= 0.6 is 0 Å². The minimum absolute atomic E-state index is 0.0971. The summed E-state index contributed by atoms with van der Waals surface area (Å²) in [6, 6.07) is 12.1. The Bertz CT molecular complexity index is 1110. The summed E-state index contributed by atoms with van der Waals surface area (Å²) in [5.74, 6) is 1.27. The van der Waals surface area contributed by atoms with E-state index >= 15 is 0 Å². The van der Waals surface area contributed by atoms with Crippen LogP contribution < -0.4 is 19.7 Å². The zero-order valence-corrected chi connectivity index (χ0v) is 21.3. The fourth-order valence-electron chi connectivity index (χ4n) is 5.01. The molecule has 0 radical (unpaired) electrons. The van der Waals surface area contributed by atoms with Crippen LogP contribution in [0.3, 0.4) is 0 Å². The first-order chi connectivity index (χ1) is 17.5. The summed E-state index contributed by atoms with van der Waals surface area (Å²) < 4.78 is 16.1. The molecule has 0 aliphatic carbocycles. The number of likely N-dealkylation sites (N-methyl/N-ethyl adjacent to an activating group) is 1. The van der Waals surface area contributed by atoms with Crippen LogP contribution in [0.15, 0.2) is 41.5 Å². The first kappa shape index (κ1) is 25.5. The second-order valence-electron chi connectivity index (χ2n) is 9.32. The van der Waals surface area contributed by atoms with Crippen molar-refractivity contribution in [3.63, 3.8) is 0 Å². The molecule has 1 amide bonds. The van der Waals surface area contributed by atoms with Crippen LogP contribution in [0.5, 0.6) is 11.5 Å². The summed E-state index contributed by atoms with van der Waals surface area (Å²) in [5, 5.41) is 9.56. The molecule has 9 heteroatoms. The van der Waals surface area contributed by atoms with E-state index < -0.39 is 0 Å². The Hall–Kier alpha value is -3.59. The molecule has 36 heavy (non-hydrogen) atoms. The van der Waals surface area contributed by atoms with Crippen molar-refractivity contribution >= 4 is 24.3 Å². The largest absolute Gasteiger partial charge is 0.493 e. The van der Waals surface area contributed by atoms with Gasteiger partial charge in [0.15, 0.2) is 11.5 Å². The fourth-order valence-corrected chi connectivity index (χ4v) is 5.01. The molecule has 2 aliphatic heterocycles. The van der Waals surface area contributed by atoms with Gasteiger partial charge in [0.1, 0.15) is 6.61 Å². The smallest absolute Gasteiger partial charge is 0.293 e. The van der Waals surface area contributed by atoms with E-state index in [0.717, 1.165) is 54.7 Å². The van der Waals surface area contributed by atoms with Gasteiger partial charge in [-0.25, -0.2) is 5.01 Å². The number of nitrogens with zero attached hydrogens (tertiary/aromatic N) is 3. The Morgan fingerprint density at radius 3 is 2.33 bits per heavy atom. The molecule has 1 unspecified atom stereocenters. The molecule has 0 bridgehead atoms. The third kappa shape index (κ3) is 5.02. The van der Waals surface area contributed by atoms with Crippen LogP contribution in [0.1, 0.15) is 36.5 Å². The van der Waals surface area contributed by atoms with Gasteiger partial charge >= 0.3 is 0 Å². The zero-order chi connectivity index (χ0) is 25.7. The summed E-state index contributed by atoms with van der Waals surface area (Å²) in [6.45, 7) is 4.56. The SMILES string of the molecule is CNC1(COC=O)CCN(c2ccc(C3=NN(C=O)C(C)Cc4cc(OC)c(OC)cc43)cc2)CC1. The van der Waals surface area contributed by atoms with Crippen LogP contribution in [-0.4, -0.2) is 76.1 Å². The zero-order valence-electron chi connectivity index (χ0n) is 21.3. The quantitative estimate of drug-likeness (QED) is 0.536. The van der Waals surface area contributed by atoms with E-state index in [1.54, 1.807) is 14.2 Å². The predicted molar refractivity (Wildman–Crippen MR) is 138 cm³/mol. The van der Waals surface area contributed by atoms with E-state index in [4.69, 9.17) is 19.3 Å². The Kier molecular flexibility index (Phi) is 7.79. The van der Waals surface area contributed by atoms with Gasteiger partial charge in [-0.2, -0.15) is 5.10 Å². The Morgan fingerprint density at radius 1 is 1.08 bits per heavy atom. The molecule has 2 aromatic rings. The number of carbonyl (C=O) groups excluding carboxylic acids is 2. The van der Waals surface area contributed by atoms with Crippen molar-refractivity contribution in [3.05, 3.63) is 53.1 Å². The van der Waals surface area contributed by atoms with E-state index in [1.807, 2.05) is 38.2 Å². The third-order valence-electron chi connectivity index (χ3n) is 7.34. The summed E-state index contributed by atoms with van der Waals surface area (Å²) in [7, 11) is 5.14. The van der Waals surface area contributed by atoms with Crippen LogP contribution in [0.4, 0.5) is 5.69 Å². The number of rotatable bonds is 9. The van der Waals surface area contributed by atoms with E-state index in [0.29, 0.717) is 36.7 Å². The average Bonchev–Trinajstić information content (AvgIpc) is 3.06. The number of piperidine rings is 1. The van der Waals surface area contributed by atoms with Crippen LogP contribution in [0.25, 0.3) is 0 Å². The van der Waals surface area contributed by atoms with Gasteiger partial charge in [-0.1, -0.05) is 12.1 Å². The highest BCUT2D eigenvalue weighted by molar-refractivity contribution is 6.14. The van der Waals surface area contributed by atoms with Gasteiger partial charge in [0, 0.05) is 29.9 Å². The number of carbonyl (C=O) groups is 2. The fraction of sp³-hybridized carbons (Fsp3) is 0.444. The van der Waals surface area contributed by atoms with E-state index in [-0.39, 0.29) is 11.6 Å². The van der Waals surface area contributed by atoms with Crippen molar-refractivity contribution in [1.29, 1.82) is 0 Å². The molecule has 4 rings (SSSR count). The highest BCUT2D eigenvalue weighted by Crippen LogP contribution is 2.35. The van der Waals surface area contributed by atoms with Gasteiger partial charge in [-0.15, -0.1) is 0 Å². The van der Waals surface area contributed by atoms with Crippen molar-refractivity contribution in [2.45, 2.75) is 37.8 Å². The monoisotopic (exact) mass is 494 g/mol. The maximum atomic E-state index is 11.8. The normalized spacial score (nSPS) is 19.0. The highest BCUT2D eigenvalue weighted by Gasteiger charge is 2.34. The minimum Gasteiger partial charge on any atom is -0.493 e. The molecule has 1 saturated heterocycles. The number of hydrogen-bond acceptors (Lipinski definition) is 8. The number of ether oxygens (including phenoxy) is 3. The van der Waals surface area contributed by atoms with Gasteiger partial charge in [-0.05, 0) is 63.1 Å². The topological polar surface area (TPSA) is 92.7 Å². The van der Waals surface area contributed by atoms with Crippen molar-refractivity contribution in [3.8, 4) is 11.5 Å². The van der Waals surface area contributed by atoms with E-state index in [1.165, 1.54) is 5.01 Å². The summed E-state index contributed by atoms with van der Waals surface area (Å²) >= 11 is 0. The molecule has 0 saturated carbocycles. The predicted octanol–water partition coefficient (Wildman–Crippen LogP) is 2.59. The third-order valence-corrected chi connectivity index (χ3v) is 7.34. The number of hydrazone groups is 1. The second-order valence-corrected chi connectivity index (χ2v) is 9.32. The lowest BCUT2D eigenvalue weighted by Gasteiger charge is -2.42. The van der Waals surface area contributed by atoms with Gasteiger partial charge in [0.25, 0.3) is 6.47 Å². The van der Waals surface area contributed by atoms with Crippen molar-refractivity contribution < 1.29 is 23.8 Å². The van der Waals surface area contributed by atoms with Crippen LogP contribution in [0.2, 0.25) is 0 Å². The number of fused-ring (bicyclic) bond motifs is 1. The molecule has 9 nitrogen and oxygen atoms in total. The lowest BCUT2D eigenvalue weighted by molar-refractivity contribution is -0.131. The lowest BCUT2D eigenvalue weighted by Crippen LogP contribution is -2.55.